The van der Waals surface area contributed by atoms with E-state index in [0.29, 0.717) is 12.5 Å². The van der Waals surface area contributed by atoms with Crippen molar-refractivity contribution in [2.75, 3.05) is 5.43 Å². The molecule has 0 aliphatic rings. The molecule has 0 aliphatic heterocycles. The number of nitrogens with zero attached hydrogens (tertiary/aromatic N) is 5. The van der Waals surface area contributed by atoms with E-state index < -0.39 is 0 Å². The Bertz CT molecular complexity index is 940. The molecule has 2 aromatic heterocycles. The highest BCUT2D eigenvalue weighted by atomic mass is 35.5. The van der Waals surface area contributed by atoms with Crippen LogP contribution in [-0.2, 0) is 6.54 Å². The normalized spacial score (nSPS) is 11.3. The molecule has 1 N–H and O–H groups in total. The van der Waals surface area contributed by atoms with Crippen molar-refractivity contribution in [3.05, 3.63) is 69.3 Å². The molecule has 134 valence electrons. The van der Waals surface area contributed by atoms with E-state index >= 15 is 0 Å². The van der Waals surface area contributed by atoms with E-state index in [2.05, 4.69) is 25.6 Å². The van der Waals surface area contributed by atoms with Gasteiger partial charge in [-0.2, -0.15) is 10.2 Å². The molecule has 3 rings (SSSR count). The molecule has 0 fully saturated rings. The molecule has 3 aromatic rings. The molecule has 2 heterocycles. The van der Waals surface area contributed by atoms with Gasteiger partial charge in [0.05, 0.1) is 18.5 Å². The fourth-order valence-corrected chi connectivity index (χ4v) is 2.97. The Kier molecular flexibility index (Phi) is 5.32. The van der Waals surface area contributed by atoms with Crippen LogP contribution in [0.15, 0.2) is 35.4 Å². The van der Waals surface area contributed by atoms with E-state index in [1.807, 2.05) is 62.7 Å². The highest BCUT2D eigenvalue weighted by molar-refractivity contribution is 6.31. The molecule has 0 saturated carbocycles. The second-order valence-corrected chi connectivity index (χ2v) is 6.59. The van der Waals surface area contributed by atoms with Crippen molar-refractivity contribution in [1.82, 2.24) is 19.7 Å². The van der Waals surface area contributed by atoms with E-state index in [1.165, 1.54) is 0 Å². The van der Waals surface area contributed by atoms with Crippen LogP contribution in [0.5, 0.6) is 0 Å². The molecular weight excluding hydrogens is 348 g/mol. The maximum absolute atomic E-state index is 6.26. The van der Waals surface area contributed by atoms with Crippen LogP contribution in [0.3, 0.4) is 0 Å². The van der Waals surface area contributed by atoms with Crippen molar-refractivity contribution in [1.29, 1.82) is 0 Å². The lowest BCUT2D eigenvalue weighted by Gasteiger charge is -2.06. The van der Waals surface area contributed by atoms with Crippen molar-refractivity contribution < 1.29 is 0 Å². The number of halogens is 1. The number of aromatic nitrogens is 4. The Labute approximate surface area is 158 Å². The molecule has 1 aromatic carbocycles. The molecule has 26 heavy (non-hydrogen) atoms. The Morgan fingerprint density at radius 2 is 1.81 bits per heavy atom. The van der Waals surface area contributed by atoms with Gasteiger partial charge in [0.15, 0.2) is 0 Å². The SMILES string of the molecule is Cc1cc(C)nc(N/N=C/c2c(C)nn(Cc3ccccc3Cl)c2C)n1. The summed E-state index contributed by atoms with van der Waals surface area (Å²) in [5.74, 6) is 0.484. The van der Waals surface area contributed by atoms with E-state index in [4.69, 9.17) is 11.6 Å². The minimum absolute atomic E-state index is 0.484. The van der Waals surface area contributed by atoms with E-state index in [1.54, 1.807) is 6.21 Å². The van der Waals surface area contributed by atoms with Crippen LogP contribution in [0, 0.1) is 27.7 Å². The Morgan fingerprint density at radius 3 is 2.50 bits per heavy atom. The maximum atomic E-state index is 6.26. The second-order valence-electron chi connectivity index (χ2n) is 6.18. The predicted octanol–water partition coefficient (Wildman–Crippen LogP) is 4.05. The summed E-state index contributed by atoms with van der Waals surface area (Å²) in [6, 6.07) is 9.71. The van der Waals surface area contributed by atoms with Crippen LogP contribution in [0.4, 0.5) is 5.95 Å². The number of benzene rings is 1. The fourth-order valence-electron chi connectivity index (χ4n) is 2.77. The summed E-state index contributed by atoms with van der Waals surface area (Å²) in [5, 5.41) is 9.62. The van der Waals surface area contributed by atoms with Gasteiger partial charge in [-0.3, -0.25) is 4.68 Å². The van der Waals surface area contributed by atoms with Gasteiger partial charge >= 0.3 is 0 Å². The molecule has 0 saturated heterocycles. The first-order valence-electron chi connectivity index (χ1n) is 8.33. The number of rotatable bonds is 5. The molecule has 0 spiro atoms. The van der Waals surface area contributed by atoms with Gasteiger partial charge in [-0.05, 0) is 45.4 Å². The third-order valence-electron chi connectivity index (χ3n) is 4.06. The minimum Gasteiger partial charge on any atom is -0.264 e. The van der Waals surface area contributed by atoms with Gasteiger partial charge in [-0.15, -0.1) is 0 Å². The molecular formula is C19H21ClN6. The second kappa shape index (κ2) is 7.66. The zero-order valence-corrected chi connectivity index (χ0v) is 16.0. The van der Waals surface area contributed by atoms with Gasteiger partial charge < -0.3 is 0 Å². The minimum atomic E-state index is 0.484. The molecule has 0 aliphatic carbocycles. The monoisotopic (exact) mass is 368 g/mol. The summed E-state index contributed by atoms with van der Waals surface area (Å²) < 4.78 is 1.94. The standard InChI is InChI=1S/C19H21ClN6/c1-12-9-13(2)23-19(22-12)24-21-10-17-14(3)25-26(15(17)4)11-16-7-5-6-8-18(16)20/h5-10H,11H2,1-4H3,(H,22,23,24)/b21-10+. The van der Waals surface area contributed by atoms with E-state index in [0.717, 1.165) is 38.9 Å². The Hall–Kier alpha value is -2.73. The smallest absolute Gasteiger partial charge is 0.243 e. The van der Waals surface area contributed by atoms with E-state index in [-0.39, 0.29) is 0 Å². The summed E-state index contributed by atoms with van der Waals surface area (Å²) in [6.45, 7) is 8.46. The largest absolute Gasteiger partial charge is 0.264 e. The third-order valence-corrected chi connectivity index (χ3v) is 4.42. The zero-order chi connectivity index (χ0) is 18.7. The number of aryl methyl sites for hydroxylation is 3. The van der Waals surface area contributed by atoms with Gasteiger partial charge in [0.1, 0.15) is 0 Å². The molecule has 6 nitrogen and oxygen atoms in total. The first-order valence-corrected chi connectivity index (χ1v) is 8.70. The molecule has 7 heteroatoms. The highest BCUT2D eigenvalue weighted by Crippen LogP contribution is 2.18. The average Bonchev–Trinajstić information content (AvgIpc) is 2.83. The van der Waals surface area contributed by atoms with Gasteiger partial charge in [0.2, 0.25) is 5.95 Å². The summed E-state index contributed by atoms with van der Waals surface area (Å²) in [5.41, 5.74) is 8.61. The van der Waals surface area contributed by atoms with Gasteiger partial charge in [0.25, 0.3) is 0 Å². The maximum Gasteiger partial charge on any atom is 0.243 e. The summed E-state index contributed by atoms with van der Waals surface area (Å²) in [6.07, 6.45) is 1.75. The summed E-state index contributed by atoms with van der Waals surface area (Å²) >= 11 is 6.26. The van der Waals surface area contributed by atoms with Crippen molar-refractivity contribution in [2.24, 2.45) is 5.10 Å². The van der Waals surface area contributed by atoms with Crippen LogP contribution in [0.2, 0.25) is 5.02 Å². The zero-order valence-electron chi connectivity index (χ0n) is 15.3. The van der Waals surface area contributed by atoms with Crippen molar-refractivity contribution in [2.45, 2.75) is 34.2 Å². The molecule has 0 radical (unpaired) electrons. The fraction of sp³-hybridized carbons (Fsp3) is 0.263. The summed E-state index contributed by atoms with van der Waals surface area (Å²) in [7, 11) is 0. The van der Waals surface area contributed by atoms with Crippen LogP contribution in [-0.4, -0.2) is 26.0 Å². The van der Waals surface area contributed by atoms with Crippen molar-refractivity contribution in [3.63, 3.8) is 0 Å². The van der Waals surface area contributed by atoms with Crippen LogP contribution >= 0.6 is 11.6 Å². The number of hydrazone groups is 1. The number of hydrogen-bond donors (Lipinski definition) is 1. The summed E-state index contributed by atoms with van der Waals surface area (Å²) in [4.78, 5) is 8.62. The number of anilines is 1. The van der Waals surface area contributed by atoms with Crippen LogP contribution in [0.25, 0.3) is 0 Å². The first-order chi connectivity index (χ1) is 12.4. The first kappa shape index (κ1) is 18.1. The van der Waals surface area contributed by atoms with Gasteiger partial charge in [-0.1, -0.05) is 29.8 Å². The van der Waals surface area contributed by atoms with Gasteiger partial charge in [-0.25, -0.2) is 15.4 Å². The number of nitrogens with one attached hydrogen (secondary N) is 1. The van der Waals surface area contributed by atoms with Crippen molar-refractivity contribution in [3.8, 4) is 0 Å². The lowest BCUT2D eigenvalue weighted by molar-refractivity contribution is 0.659. The van der Waals surface area contributed by atoms with Crippen LogP contribution in [0.1, 0.15) is 33.9 Å². The number of hydrogen-bond acceptors (Lipinski definition) is 5. The average molecular weight is 369 g/mol. The lowest BCUT2D eigenvalue weighted by Crippen LogP contribution is -2.05. The Balaban J connectivity index is 1.78. The quantitative estimate of drug-likeness (QED) is 0.544. The van der Waals surface area contributed by atoms with Gasteiger partial charge in [0, 0.05) is 27.7 Å². The highest BCUT2D eigenvalue weighted by Gasteiger charge is 2.11. The molecule has 0 amide bonds. The Morgan fingerprint density at radius 1 is 1.12 bits per heavy atom. The van der Waals surface area contributed by atoms with Crippen molar-refractivity contribution >= 4 is 23.8 Å². The van der Waals surface area contributed by atoms with E-state index in [9.17, 15) is 0 Å². The molecule has 0 bridgehead atoms. The molecule has 0 unspecified atom stereocenters. The third kappa shape index (κ3) is 4.08. The predicted molar refractivity (Wildman–Crippen MR) is 105 cm³/mol. The molecule has 0 atom stereocenters. The lowest BCUT2D eigenvalue weighted by atomic mass is 10.2. The van der Waals surface area contributed by atoms with Crippen LogP contribution < -0.4 is 5.43 Å². The topological polar surface area (TPSA) is 68.0 Å².